The number of hydrogen-bond donors (Lipinski definition) is 1. The van der Waals surface area contributed by atoms with Crippen LogP contribution < -0.4 is 14.8 Å². The van der Waals surface area contributed by atoms with Crippen molar-refractivity contribution >= 4 is 17.8 Å². The minimum absolute atomic E-state index is 0.0395. The molecule has 1 N–H and O–H groups in total. The third-order valence-corrected chi connectivity index (χ3v) is 4.63. The third kappa shape index (κ3) is 3.17. The van der Waals surface area contributed by atoms with Crippen molar-refractivity contribution in [1.82, 2.24) is 15.1 Å². The molecule has 3 aliphatic rings. The second kappa shape index (κ2) is 6.83. The predicted octanol–water partition coefficient (Wildman–Crippen LogP) is 0.0846. The van der Waals surface area contributed by atoms with E-state index in [0.29, 0.717) is 37.8 Å². The van der Waals surface area contributed by atoms with Gasteiger partial charge in [0.25, 0.3) is 5.91 Å². The number of imide groups is 1. The van der Waals surface area contributed by atoms with Gasteiger partial charge in [-0.05, 0) is 17.7 Å². The molecule has 0 bridgehead atoms. The number of rotatable bonds is 4. The van der Waals surface area contributed by atoms with Crippen LogP contribution in [0, 0.1) is 0 Å². The minimum atomic E-state index is -0.827. The molecule has 26 heavy (non-hydrogen) atoms. The van der Waals surface area contributed by atoms with Crippen molar-refractivity contribution in [2.45, 2.75) is 19.0 Å². The normalized spacial score (nSPS) is 21.9. The Morgan fingerprint density at radius 2 is 1.92 bits per heavy atom. The number of hydrogen-bond acceptors (Lipinski definition) is 6. The Balaban J connectivity index is 1.39. The second-order valence-electron chi connectivity index (χ2n) is 6.31. The summed E-state index contributed by atoms with van der Waals surface area (Å²) in [6.07, 6.45) is -0.0395. The molecule has 2 fully saturated rings. The molecule has 0 spiro atoms. The molecule has 0 aliphatic carbocycles. The van der Waals surface area contributed by atoms with Gasteiger partial charge in [-0.2, -0.15) is 0 Å². The number of morpholine rings is 1. The fourth-order valence-electron chi connectivity index (χ4n) is 3.20. The second-order valence-corrected chi connectivity index (χ2v) is 6.31. The summed E-state index contributed by atoms with van der Waals surface area (Å²) in [5.74, 6) is 0.680. The molecule has 4 amide bonds. The highest BCUT2D eigenvalue weighted by Crippen LogP contribution is 2.33. The van der Waals surface area contributed by atoms with Gasteiger partial charge in [-0.25, -0.2) is 4.79 Å². The van der Waals surface area contributed by atoms with E-state index in [1.807, 2.05) is 0 Å². The fourth-order valence-corrected chi connectivity index (χ4v) is 3.20. The first-order valence-corrected chi connectivity index (χ1v) is 8.48. The van der Waals surface area contributed by atoms with Gasteiger partial charge in [-0.15, -0.1) is 0 Å². The van der Waals surface area contributed by atoms with Gasteiger partial charge in [0, 0.05) is 13.1 Å². The Morgan fingerprint density at radius 1 is 1.15 bits per heavy atom. The highest BCUT2D eigenvalue weighted by molar-refractivity contribution is 6.05. The molecule has 1 atom stereocenters. The van der Waals surface area contributed by atoms with E-state index in [-0.39, 0.29) is 25.7 Å². The van der Waals surface area contributed by atoms with E-state index in [0.717, 1.165) is 10.5 Å². The van der Waals surface area contributed by atoms with Crippen LogP contribution in [0.2, 0.25) is 0 Å². The number of carbonyl (C=O) groups is 3. The Kier molecular flexibility index (Phi) is 4.37. The molecule has 9 nitrogen and oxygen atoms in total. The van der Waals surface area contributed by atoms with E-state index in [1.165, 1.54) is 0 Å². The molecular weight excluding hydrogens is 342 g/mol. The fraction of sp³-hybridized carbons (Fsp3) is 0.471. The summed E-state index contributed by atoms with van der Waals surface area (Å²) in [7, 11) is 0. The zero-order valence-electron chi connectivity index (χ0n) is 14.1. The lowest BCUT2D eigenvalue weighted by molar-refractivity contribution is -0.138. The molecular formula is C17H19N3O6. The molecule has 0 radical (unpaired) electrons. The van der Waals surface area contributed by atoms with Crippen molar-refractivity contribution in [1.29, 1.82) is 0 Å². The lowest BCUT2D eigenvalue weighted by Gasteiger charge is -2.27. The van der Waals surface area contributed by atoms with Gasteiger partial charge in [-0.3, -0.25) is 14.5 Å². The maximum absolute atomic E-state index is 12.6. The molecule has 0 aromatic heterocycles. The summed E-state index contributed by atoms with van der Waals surface area (Å²) in [5.41, 5.74) is 0.748. The molecule has 3 heterocycles. The largest absolute Gasteiger partial charge is 0.454 e. The van der Waals surface area contributed by atoms with Crippen LogP contribution >= 0.6 is 0 Å². The van der Waals surface area contributed by atoms with Crippen LogP contribution in [0.15, 0.2) is 18.2 Å². The van der Waals surface area contributed by atoms with Crippen molar-refractivity contribution in [2.75, 3.05) is 33.1 Å². The lowest BCUT2D eigenvalue weighted by Crippen LogP contribution is -2.44. The zero-order valence-corrected chi connectivity index (χ0v) is 14.1. The van der Waals surface area contributed by atoms with Crippen molar-refractivity contribution in [3.63, 3.8) is 0 Å². The van der Waals surface area contributed by atoms with Gasteiger partial charge in [-0.1, -0.05) is 6.07 Å². The molecule has 4 rings (SSSR count). The molecule has 0 unspecified atom stereocenters. The summed E-state index contributed by atoms with van der Waals surface area (Å²) in [6.45, 7) is 2.28. The summed E-state index contributed by atoms with van der Waals surface area (Å²) in [5, 5.41) is 2.60. The first kappa shape index (κ1) is 16.6. The van der Waals surface area contributed by atoms with E-state index in [9.17, 15) is 14.4 Å². The first-order valence-electron chi connectivity index (χ1n) is 8.48. The molecule has 1 aromatic carbocycles. The smallest absolute Gasteiger partial charge is 0.325 e. The van der Waals surface area contributed by atoms with E-state index in [1.54, 1.807) is 23.1 Å². The van der Waals surface area contributed by atoms with Crippen molar-refractivity contribution in [3.8, 4) is 11.5 Å². The maximum atomic E-state index is 12.6. The Labute approximate surface area is 149 Å². The summed E-state index contributed by atoms with van der Waals surface area (Å²) in [4.78, 5) is 39.8. The maximum Gasteiger partial charge on any atom is 0.325 e. The Hall–Kier alpha value is -2.81. The number of carbonyl (C=O) groups excluding carboxylic acids is 3. The molecule has 0 saturated carbocycles. The average Bonchev–Trinajstić information content (AvgIpc) is 3.22. The van der Waals surface area contributed by atoms with Crippen molar-refractivity contribution in [3.05, 3.63) is 23.8 Å². The SMILES string of the molecule is O=C(C[C@@H]1NC(=O)N(Cc2ccc3c(c2)OCO3)C1=O)N1CCOCC1. The molecule has 9 heteroatoms. The topological polar surface area (TPSA) is 97.4 Å². The van der Waals surface area contributed by atoms with Gasteiger partial charge in [0.15, 0.2) is 11.5 Å². The molecule has 138 valence electrons. The van der Waals surface area contributed by atoms with E-state index in [2.05, 4.69) is 5.32 Å². The van der Waals surface area contributed by atoms with E-state index >= 15 is 0 Å². The van der Waals surface area contributed by atoms with Crippen LogP contribution in [-0.4, -0.2) is 66.8 Å². The Morgan fingerprint density at radius 3 is 2.73 bits per heavy atom. The zero-order chi connectivity index (χ0) is 18.1. The first-order chi connectivity index (χ1) is 12.6. The van der Waals surface area contributed by atoms with Crippen LogP contribution in [0.4, 0.5) is 4.79 Å². The van der Waals surface area contributed by atoms with E-state index in [4.69, 9.17) is 14.2 Å². The van der Waals surface area contributed by atoms with Crippen molar-refractivity contribution < 1.29 is 28.6 Å². The van der Waals surface area contributed by atoms with Crippen molar-refractivity contribution in [2.24, 2.45) is 0 Å². The number of nitrogens with one attached hydrogen (secondary N) is 1. The Bertz CT molecular complexity index is 746. The van der Waals surface area contributed by atoms with Crippen LogP contribution in [0.25, 0.3) is 0 Å². The molecule has 1 aromatic rings. The van der Waals surface area contributed by atoms with Gasteiger partial charge in [0.1, 0.15) is 6.04 Å². The van der Waals surface area contributed by atoms with Crippen LogP contribution in [0.3, 0.4) is 0 Å². The highest BCUT2D eigenvalue weighted by atomic mass is 16.7. The predicted molar refractivity (Wildman–Crippen MR) is 87.5 cm³/mol. The van der Waals surface area contributed by atoms with Gasteiger partial charge in [0.2, 0.25) is 12.7 Å². The van der Waals surface area contributed by atoms with Crippen LogP contribution in [-0.2, 0) is 20.9 Å². The highest BCUT2D eigenvalue weighted by Gasteiger charge is 2.39. The molecule has 3 aliphatic heterocycles. The standard InChI is InChI=1S/C17H19N3O6/c21-15(19-3-5-24-6-4-19)8-12-16(22)20(17(23)18-12)9-11-1-2-13-14(7-11)26-10-25-13/h1-2,7,12H,3-6,8-10H2,(H,18,23)/t12-/m0/s1. The number of benzene rings is 1. The summed E-state index contributed by atoms with van der Waals surface area (Å²) >= 11 is 0. The van der Waals surface area contributed by atoms with Gasteiger partial charge < -0.3 is 24.4 Å². The summed E-state index contributed by atoms with van der Waals surface area (Å²) in [6, 6.07) is 3.95. The van der Waals surface area contributed by atoms with Gasteiger partial charge in [0.05, 0.1) is 26.2 Å². The van der Waals surface area contributed by atoms with E-state index < -0.39 is 18.0 Å². The number of urea groups is 1. The monoisotopic (exact) mass is 361 g/mol. The van der Waals surface area contributed by atoms with Crippen LogP contribution in [0.5, 0.6) is 11.5 Å². The quantitative estimate of drug-likeness (QED) is 0.763. The number of nitrogens with zero attached hydrogens (tertiary/aromatic N) is 2. The summed E-state index contributed by atoms with van der Waals surface area (Å²) < 4.78 is 15.8. The average molecular weight is 361 g/mol. The number of amides is 4. The number of ether oxygens (including phenoxy) is 3. The molecule has 2 saturated heterocycles. The third-order valence-electron chi connectivity index (χ3n) is 4.63. The van der Waals surface area contributed by atoms with Gasteiger partial charge >= 0.3 is 6.03 Å². The lowest BCUT2D eigenvalue weighted by atomic mass is 10.1. The van der Waals surface area contributed by atoms with Crippen LogP contribution in [0.1, 0.15) is 12.0 Å². The number of fused-ring (bicyclic) bond motifs is 1. The minimum Gasteiger partial charge on any atom is -0.454 e.